The number of hydrogen-bond acceptors (Lipinski definition) is 8. The molecule has 2 heterocycles. The molecule has 1 atom stereocenters. The fourth-order valence-electron chi connectivity index (χ4n) is 3.39. The van der Waals surface area contributed by atoms with Crippen LogP contribution in [0.4, 0.5) is 10.5 Å². The van der Waals surface area contributed by atoms with Crippen molar-refractivity contribution in [1.29, 1.82) is 0 Å². The fraction of sp³-hybridized carbons (Fsp3) is 0.474. The topological polar surface area (TPSA) is 106 Å². The summed E-state index contributed by atoms with van der Waals surface area (Å²) in [7, 11) is 3.17. The van der Waals surface area contributed by atoms with E-state index in [1.807, 2.05) is 12.1 Å². The fourth-order valence-corrected chi connectivity index (χ4v) is 4.06. The molecule has 0 spiro atoms. The molecule has 1 aromatic carbocycles. The zero-order valence-corrected chi connectivity index (χ0v) is 16.9. The first-order valence-electron chi connectivity index (χ1n) is 9.25. The number of imide groups is 1. The average Bonchev–Trinajstić information content (AvgIpc) is 3.27. The number of carbonyl (C=O) groups excluding carboxylic acids is 2. The molecule has 0 radical (unpaired) electrons. The van der Waals surface area contributed by atoms with E-state index in [-0.39, 0.29) is 11.1 Å². The molecule has 2 aliphatic heterocycles. The lowest BCUT2D eigenvalue weighted by Crippen LogP contribution is -2.34. The predicted octanol–water partition coefficient (Wildman–Crippen LogP) is 1.54. The number of hydrogen-bond donors (Lipinski definition) is 3. The maximum absolute atomic E-state index is 12.0. The quantitative estimate of drug-likeness (QED) is 0.441. The van der Waals surface area contributed by atoms with Gasteiger partial charge in [0.2, 0.25) is 0 Å². The van der Waals surface area contributed by atoms with Crippen LogP contribution in [0.5, 0.6) is 11.5 Å². The molecular formula is C19H26N4O4S. The van der Waals surface area contributed by atoms with Gasteiger partial charge in [0.05, 0.1) is 19.1 Å². The minimum atomic E-state index is -0.376. The molecule has 28 heavy (non-hydrogen) atoms. The van der Waals surface area contributed by atoms with Gasteiger partial charge in [-0.2, -0.15) is 0 Å². The lowest BCUT2D eigenvalue weighted by molar-refractivity contribution is -0.115. The Labute approximate surface area is 168 Å². The van der Waals surface area contributed by atoms with Crippen LogP contribution in [-0.2, 0) is 4.79 Å². The number of benzene rings is 1. The van der Waals surface area contributed by atoms with Gasteiger partial charge in [-0.05, 0) is 49.8 Å². The minimum absolute atomic E-state index is 0.358. The third-order valence-electron chi connectivity index (χ3n) is 4.80. The van der Waals surface area contributed by atoms with Gasteiger partial charge in [-0.3, -0.25) is 14.9 Å². The highest BCUT2D eigenvalue weighted by atomic mass is 32.2. The molecule has 3 rings (SSSR count). The standard InChI is InChI=1S/C19H26N4O4S/c1-26-15-8-12(9-17-18(24)22-19(25)28-17)14(10-16(15)27-2)23-7-4-13(11-23)21-6-3-5-20/h8-10,13,21H,3-7,11,20H2,1-2H3,(H,22,24,25). The van der Waals surface area contributed by atoms with E-state index in [1.165, 1.54) is 0 Å². The van der Waals surface area contributed by atoms with E-state index in [1.54, 1.807) is 20.3 Å². The van der Waals surface area contributed by atoms with Crippen molar-refractivity contribution in [2.24, 2.45) is 5.73 Å². The molecule has 2 fully saturated rings. The van der Waals surface area contributed by atoms with E-state index in [0.29, 0.717) is 29.0 Å². The van der Waals surface area contributed by atoms with Gasteiger partial charge in [-0.15, -0.1) is 0 Å². The maximum atomic E-state index is 12.0. The number of thioether (sulfide) groups is 1. The number of nitrogens with zero attached hydrogens (tertiary/aromatic N) is 1. The molecule has 1 unspecified atom stereocenters. The van der Waals surface area contributed by atoms with Gasteiger partial charge in [0.25, 0.3) is 11.1 Å². The molecule has 9 heteroatoms. The van der Waals surface area contributed by atoms with Crippen LogP contribution in [0, 0.1) is 0 Å². The van der Waals surface area contributed by atoms with Crippen molar-refractivity contribution < 1.29 is 19.1 Å². The van der Waals surface area contributed by atoms with Crippen molar-refractivity contribution >= 4 is 34.7 Å². The molecule has 0 aliphatic carbocycles. The van der Waals surface area contributed by atoms with Crippen molar-refractivity contribution in [3.8, 4) is 11.5 Å². The highest BCUT2D eigenvalue weighted by molar-refractivity contribution is 8.18. The highest BCUT2D eigenvalue weighted by Crippen LogP contribution is 2.39. The third-order valence-corrected chi connectivity index (χ3v) is 5.61. The van der Waals surface area contributed by atoms with Crippen LogP contribution in [0.25, 0.3) is 6.08 Å². The Morgan fingerprint density at radius 3 is 2.71 bits per heavy atom. The van der Waals surface area contributed by atoms with Crippen LogP contribution in [0.2, 0.25) is 0 Å². The van der Waals surface area contributed by atoms with Crippen LogP contribution in [0.3, 0.4) is 0 Å². The smallest absolute Gasteiger partial charge is 0.290 e. The van der Waals surface area contributed by atoms with Gasteiger partial charge in [0.15, 0.2) is 11.5 Å². The number of methoxy groups -OCH3 is 2. The van der Waals surface area contributed by atoms with Crippen LogP contribution in [-0.4, -0.2) is 57.6 Å². The third kappa shape index (κ3) is 4.60. The monoisotopic (exact) mass is 406 g/mol. The van der Waals surface area contributed by atoms with Crippen LogP contribution in [0.15, 0.2) is 17.0 Å². The largest absolute Gasteiger partial charge is 0.493 e. The summed E-state index contributed by atoms with van der Waals surface area (Å²) >= 11 is 0.904. The summed E-state index contributed by atoms with van der Waals surface area (Å²) in [6.45, 7) is 3.30. The molecule has 8 nitrogen and oxygen atoms in total. The summed E-state index contributed by atoms with van der Waals surface area (Å²) in [5, 5.41) is 5.47. The summed E-state index contributed by atoms with van der Waals surface area (Å²) in [6.07, 6.45) is 3.70. The van der Waals surface area contributed by atoms with Crippen molar-refractivity contribution in [3.63, 3.8) is 0 Å². The zero-order chi connectivity index (χ0) is 20.1. The lowest BCUT2D eigenvalue weighted by Gasteiger charge is -2.23. The first kappa shape index (κ1) is 20.5. The Hall–Kier alpha value is -2.23. The van der Waals surface area contributed by atoms with Crippen LogP contribution in [0.1, 0.15) is 18.4 Å². The number of rotatable bonds is 8. The summed E-state index contributed by atoms with van der Waals surface area (Å²) in [5.74, 6) is 0.821. The summed E-state index contributed by atoms with van der Waals surface area (Å²) in [5.41, 5.74) is 7.33. The Kier molecular flexibility index (Phi) is 6.82. The van der Waals surface area contributed by atoms with E-state index in [4.69, 9.17) is 15.2 Å². The molecule has 1 aromatic rings. The van der Waals surface area contributed by atoms with Gasteiger partial charge in [0, 0.05) is 36.4 Å². The zero-order valence-electron chi connectivity index (χ0n) is 16.1. The van der Waals surface area contributed by atoms with Crippen LogP contribution >= 0.6 is 11.8 Å². The lowest BCUT2D eigenvalue weighted by atomic mass is 10.1. The summed E-state index contributed by atoms with van der Waals surface area (Å²) in [4.78, 5) is 26.1. The Morgan fingerprint density at radius 1 is 1.32 bits per heavy atom. The number of nitrogens with one attached hydrogen (secondary N) is 2. The SMILES string of the molecule is COc1cc(C=C2SC(=O)NC2=O)c(N2CCC(NCCCN)C2)cc1OC. The van der Waals surface area contributed by atoms with E-state index in [9.17, 15) is 9.59 Å². The van der Waals surface area contributed by atoms with E-state index in [2.05, 4.69) is 15.5 Å². The van der Waals surface area contributed by atoms with Crippen molar-refractivity contribution in [3.05, 3.63) is 22.6 Å². The van der Waals surface area contributed by atoms with Crippen LogP contribution < -0.4 is 30.7 Å². The van der Waals surface area contributed by atoms with E-state index in [0.717, 1.165) is 55.5 Å². The van der Waals surface area contributed by atoms with Gasteiger partial charge in [-0.25, -0.2) is 0 Å². The Bertz CT molecular complexity index is 783. The minimum Gasteiger partial charge on any atom is -0.493 e. The van der Waals surface area contributed by atoms with E-state index < -0.39 is 0 Å². The van der Waals surface area contributed by atoms with Gasteiger partial charge >= 0.3 is 0 Å². The first-order valence-corrected chi connectivity index (χ1v) is 10.1. The second kappa shape index (κ2) is 9.31. The molecular weight excluding hydrogens is 380 g/mol. The van der Waals surface area contributed by atoms with Gasteiger partial charge < -0.3 is 25.4 Å². The normalized spacial score (nSPS) is 20.8. The average molecular weight is 407 g/mol. The molecule has 0 bridgehead atoms. The van der Waals surface area contributed by atoms with Gasteiger partial charge in [-0.1, -0.05) is 0 Å². The van der Waals surface area contributed by atoms with E-state index >= 15 is 0 Å². The highest BCUT2D eigenvalue weighted by Gasteiger charge is 2.28. The molecule has 0 saturated carbocycles. The summed E-state index contributed by atoms with van der Waals surface area (Å²) in [6, 6.07) is 4.14. The number of amides is 2. The Morgan fingerprint density at radius 2 is 2.07 bits per heavy atom. The summed E-state index contributed by atoms with van der Waals surface area (Å²) < 4.78 is 10.9. The number of ether oxygens (including phenoxy) is 2. The first-order chi connectivity index (χ1) is 13.5. The molecule has 0 aromatic heterocycles. The van der Waals surface area contributed by atoms with Crippen molar-refractivity contribution in [2.45, 2.75) is 18.9 Å². The second-order valence-corrected chi connectivity index (χ2v) is 7.66. The number of carbonyl (C=O) groups is 2. The van der Waals surface area contributed by atoms with Crippen molar-refractivity contribution in [2.75, 3.05) is 45.3 Å². The number of nitrogens with two attached hydrogens (primary N) is 1. The van der Waals surface area contributed by atoms with Crippen molar-refractivity contribution in [1.82, 2.24) is 10.6 Å². The van der Waals surface area contributed by atoms with Gasteiger partial charge in [0.1, 0.15) is 0 Å². The molecule has 2 saturated heterocycles. The molecule has 4 N–H and O–H groups in total. The predicted molar refractivity (Wildman–Crippen MR) is 111 cm³/mol. The maximum Gasteiger partial charge on any atom is 0.290 e. The molecule has 2 aliphatic rings. The number of anilines is 1. The second-order valence-electron chi connectivity index (χ2n) is 6.65. The molecule has 2 amide bonds. The molecule has 152 valence electrons. The Balaban J connectivity index is 1.90.